The van der Waals surface area contributed by atoms with Crippen LogP contribution >= 0.6 is 0 Å². The maximum atomic E-state index is 8.20. The first-order valence-electron chi connectivity index (χ1n) is 6.18. The first-order chi connectivity index (χ1) is 9.77. The molecule has 4 heteroatoms. The van der Waals surface area contributed by atoms with Crippen LogP contribution in [0.25, 0.3) is 11.1 Å². The van der Waals surface area contributed by atoms with E-state index in [1.165, 1.54) is 0 Å². The molecule has 1 aliphatic carbocycles. The quantitative estimate of drug-likeness (QED) is 0.814. The molecule has 2 N–H and O–H groups in total. The predicted octanol–water partition coefficient (Wildman–Crippen LogP) is 3.00. The van der Waals surface area contributed by atoms with E-state index in [4.69, 9.17) is 10.8 Å². The van der Waals surface area contributed by atoms with Crippen molar-refractivity contribution in [1.29, 1.82) is 10.8 Å². The molecular weight excluding hydrogens is 248 g/mol. The van der Waals surface area contributed by atoms with Crippen molar-refractivity contribution in [2.75, 3.05) is 0 Å². The Morgan fingerprint density at radius 3 is 1.30 bits per heavy atom. The first kappa shape index (κ1) is 12.2. The van der Waals surface area contributed by atoms with Gasteiger partial charge in [-0.05, 0) is 35.4 Å². The molecule has 2 aromatic heterocycles. The standard InChI is InChI=1S/C16H12N4/c17-15-13(11-3-7-19-8-4-11)1-2-14(16(15)18)12-5-9-20-10-6-12/h1-10,17-18H. The molecule has 0 amide bonds. The molecule has 3 rings (SSSR count). The van der Waals surface area contributed by atoms with E-state index < -0.39 is 0 Å². The molecule has 0 saturated heterocycles. The van der Waals surface area contributed by atoms with Crippen LogP contribution in [0.4, 0.5) is 0 Å². The average Bonchev–Trinajstić information content (AvgIpc) is 2.52. The Kier molecular flexibility index (Phi) is 3.05. The number of aromatic nitrogens is 2. The molecule has 0 aromatic carbocycles. The summed E-state index contributed by atoms with van der Waals surface area (Å²) in [6.45, 7) is 0. The van der Waals surface area contributed by atoms with Crippen molar-refractivity contribution < 1.29 is 0 Å². The summed E-state index contributed by atoms with van der Waals surface area (Å²) in [6.07, 6.45) is 10.5. The molecule has 1 aliphatic rings. The van der Waals surface area contributed by atoms with Crippen molar-refractivity contribution in [2.24, 2.45) is 0 Å². The third kappa shape index (κ3) is 2.07. The predicted molar refractivity (Wildman–Crippen MR) is 79.9 cm³/mol. The number of rotatable bonds is 2. The highest BCUT2D eigenvalue weighted by Gasteiger charge is 2.20. The van der Waals surface area contributed by atoms with E-state index >= 15 is 0 Å². The maximum Gasteiger partial charge on any atom is 0.0873 e. The normalized spacial score (nSPS) is 14.8. The largest absolute Gasteiger partial charge is 0.298 e. The van der Waals surface area contributed by atoms with Gasteiger partial charge in [-0.2, -0.15) is 0 Å². The lowest BCUT2D eigenvalue weighted by Gasteiger charge is -2.17. The van der Waals surface area contributed by atoms with Crippen molar-refractivity contribution in [2.45, 2.75) is 0 Å². The molecule has 0 spiro atoms. The Balaban J connectivity index is 2.06. The number of nitrogens with zero attached hydrogens (tertiary/aromatic N) is 2. The molecule has 2 heterocycles. The van der Waals surface area contributed by atoms with Crippen LogP contribution in [-0.4, -0.2) is 21.4 Å². The van der Waals surface area contributed by atoms with E-state index in [2.05, 4.69) is 9.97 Å². The summed E-state index contributed by atoms with van der Waals surface area (Å²) in [5.74, 6) is 0. The van der Waals surface area contributed by atoms with Gasteiger partial charge in [0.2, 0.25) is 0 Å². The Morgan fingerprint density at radius 1 is 0.600 bits per heavy atom. The van der Waals surface area contributed by atoms with Crippen LogP contribution in [0.15, 0.2) is 61.2 Å². The summed E-state index contributed by atoms with van der Waals surface area (Å²) in [5, 5.41) is 16.4. The third-order valence-electron chi connectivity index (χ3n) is 3.19. The van der Waals surface area contributed by atoms with E-state index in [0.717, 1.165) is 22.3 Å². The van der Waals surface area contributed by atoms with Crippen molar-refractivity contribution in [1.82, 2.24) is 9.97 Å². The highest BCUT2D eigenvalue weighted by molar-refractivity contribution is 6.68. The molecule has 0 fully saturated rings. The molecule has 96 valence electrons. The fourth-order valence-electron chi connectivity index (χ4n) is 2.15. The van der Waals surface area contributed by atoms with Crippen LogP contribution < -0.4 is 0 Å². The second-order valence-electron chi connectivity index (χ2n) is 4.38. The monoisotopic (exact) mass is 260 g/mol. The van der Waals surface area contributed by atoms with Crippen molar-refractivity contribution in [3.05, 3.63) is 72.3 Å². The summed E-state index contributed by atoms with van der Waals surface area (Å²) < 4.78 is 0. The molecular formula is C16H12N4. The van der Waals surface area contributed by atoms with Crippen molar-refractivity contribution in [3.63, 3.8) is 0 Å². The Bertz CT molecular complexity index is 662. The molecule has 0 aliphatic heterocycles. The van der Waals surface area contributed by atoms with Gasteiger partial charge in [-0.25, -0.2) is 0 Å². The summed E-state index contributed by atoms with van der Waals surface area (Å²) in [7, 11) is 0. The Morgan fingerprint density at radius 2 is 0.950 bits per heavy atom. The molecule has 2 aromatic rings. The van der Waals surface area contributed by atoms with E-state index in [0.29, 0.717) is 0 Å². The SMILES string of the molecule is N=C1C(=N)C(c2ccncc2)=CC=C1c1ccncc1. The van der Waals surface area contributed by atoms with Crippen molar-refractivity contribution >= 4 is 22.6 Å². The minimum Gasteiger partial charge on any atom is -0.298 e. The zero-order valence-electron chi connectivity index (χ0n) is 10.7. The van der Waals surface area contributed by atoms with Crippen LogP contribution in [-0.2, 0) is 0 Å². The Hall–Kier alpha value is -2.88. The minimum absolute atomic E-state index is 0.227. The molecule has 0 saturated carbocycles. The molecule has 0 bridgehead atoms. The topological polar surface area (TPSA) is 73.5 Å². The molecule has 0 unspecified atom stereocenters. The van der Waals surface area contributed by atoms with Crippen LogP contribution in [0.1, 0.15) is 11.1 Å². The van der Waals surface area contributed by atoms with Crippen LogP contribution in [0.2, 0.25) is 0 Å². The van der Waals surface area contributed by atoms with E-state index in [9.17, 15) is 0 Å². The molecule has 4 nitrogen and oxygen atoms in total. The van der Waals surface area contributed by atoms with Gasteiger partial charge in [0.25, 0.3) is 0 Å². The number of nitrogens with one attached hydrogen (secondary N) is 2. The van der Waals surface area contributed by atoms with Crippen LogP contribution in [0.5, 0.6) is 0 Å². The number of pyridine rings is 2. The summed E-state index contributed by atoms with van der Waals surface area (Å²) in [6, 6.07) is 7.38. The summed E-state index contributed by atoms with van der Waals surface area (Å²) in [5.41, 5.74) is 3.75. The maximum absolute atomic E-state index is 8.20. The number of hydrogen-bond acceptors (Lipinski definition) is 4. The molecule has 20 heavy (non-hydrogen) atoms. The van der Waals surface area contributed by atoms with Gasteiger partial charge < -0.3 is 0 Å². The van der Waals surface area contributed by atoms with E-state index in [-0.39, 0.29) is 11.4 Å². The van der Waals surface area contributed by atoms with Crippen molar-refractivity contribution in [3.8, 4) is 0 Å². The van der Waals surface area contributed by atoms with Gasteiger partial charge in [-0.3, -0.25) is 20.8 Å². The second-order valence-corrected chi connectivity index (χ2v) is 4.38. The lowest BCUT2D eigenvalue weighted by Crippen LogP contribution is -2.18. The van der Waals surface area contributed by atoms with Crippen LogP contribution in [0, 0.1) is 10.8 Å². The van der Waals surface area contributed by atoms with E-state index in [1.807, 2.05) is 36.4 Å². The van der Waals surface area contributed by atoms with Gasteiger partial charge in [0.05, 0.1) is 11.4 Å². The smallest absolute Gasteiger partial charge is 0.0873 e. The summed E-state index contributed by atoms with van der Waals surface area (Å²) in [4.78, 5) is 7.95. The molecule has 0 radical (unpaired) electrons. The number of allylic oxidation sites excluding steroid dienone is 4. The van der Waals surface area contributed by atoms with Crippen LogP contribution in [0.3, 0.4) is 0 Å². The van der Waals surface area contributed by atoms with Gasteiger partial charge >= 0.3 is 0 Å². The van der Waals surface area contributed by atoms with Gasteiger partial charge in [0, 0.05) is 35.9 Å². The second kappa shape index (κ2) is 5.01. The zero-order chi connectivity index (χ0) is 13.9. The van der Waals surface area contributed by atoms with Gasteiger partial charge in [0.15, 0.2) is 0 Å². The zero-order valence-corrected chi connectivity index (χ0v) is 10.7. The highest BCUT2D eigenvalue weighted by Crippen LogP contribution is 2.26. The number of hydrogen-bond donors (Lipinski definition) is 2. The highest BCUT2D eigenvalue weighted by atomic mass is 14.6. The first-order valence-corrected chi connectivity index (χ1v) is 6.18. The lowest BCUT2D eigenvalue weighted by molar-refractivity contribution is 1.31. The van der Waals surface area contributed by atoms with Gasteiger partial charge in [-0.15, -0.1) is 0 Å². The summed E-state index contributed by atoms with van der Waals surface area (Å²) >= 11 is 0. The third-order valence-corrected chi connectivity index (χ3v) is 3.19. The molecule has 0 atom stereocenters. The lowest BCUT2D eigenvalue weighted by atomic mass is 9.87. The minimum atomic E-state index is 0.227. The van der Waals surface area contributed by atoms with E-state index in [1.54, 1.807) is 24.8 Å². The fraction of sp³-hybridized carbons (Fsp3) is 0. The van der Waals surface area contributed by atoms with Gasteiger partial charge in [-0.1, -0.05) is 12.2 Å². The Labute approximate surface area is 116 Å². The average molecular weight is 260 g/mol. The van der Waals surface area contributed by atoms with Gasteiger partial charge in [0.1, 0.15) is 0 Å². The fourth-order valence-corrected chi connectivity index (χ4v) is 2.15.